The van der Waals surface area contributed by atoms with Crippen LogP contribution in [0.1, 0.15) is 28.8 Å². The van der Waals surface area contributed by atoms with Gasteiger partial charge in [-0.25, -0.2) is 4.39 Å². The summed E-state index contributed by atoms with van der Waals surface area (Å²) in [5, 5.41) is 8.28. The summed E-state index contributed by atoms with van der Waals surface area (Å²) < 4.78 is 22.9. The first-order valence-electron chi connectivity index (χ1n) is 11.6. The molecule has 8 nitrogen and oxygen atoms in total. The Bertz CT molecular complexity index is 1440. The van der Waals surface area contributed by atoms with Gasteiger partial charge in [-0.05, 0) is 66.1 Å². The van der Waals surface area contributed by atoms with Crippen LogP contribution in [0.3, 0.4) is 0 Å². The molecule has 9 heteroatoms. The number of nitrogens with one attached hydrogen (secondary N) is 1. The number of benzene rings is 1. The smallest absolute Gasteiger partial charge is 0.260 e. The fraction of sp³-hybridized carbons (Fsp3) is 0.308. The van der Waals surface area contributed by atoms with Gasteiger partial charge in [0, 0.05) is 51.0 Å². The first-order valence-corrected chi connectivity index (χ1v) is 11.6. The van der Waals surface area contributed by atoms with Crippen molar-refractivity contribution in [2.45, 2.75) is 19.4 Å². The summed E-state index contributed by atoms with van der Waals surface area (Å²) in [4.78, 5) is 30.2. The highest BCUT2D eigenvalue weighted by Gasteiger charge is 2.16. The Morgan fingerprint density at radius 1 is 1.20 bits per heavy atom. The van der Waals surface area contributed by atoms with Crippen molar-refractivity contribution in [3.63, 3.8) is 0 Å². The number of fused-ring (bicyclic) bond motifs is 1. The lowest BCUT2D eigenvalue weighted by molar-refractivity contribution is 0.0642. The maximum absolute atomic E-state index is 14.3. The van der Waals surface area contributed by atoms with Crippen LogP contribution in [0.25, 0.3) is 22.2 Å². The van der Waals surface area contributed by atoms with Gasteiger partial charge in [0.25, 0.3) is 11.5 Å². The average molecular weight is 476 g/mol. The molecule has 1 fully saturated rings. The van der Waals surface area contributed by atoms with Gasteiger partial charge in [-0.3, -0.25) is 19.3 Å². The van der Waals surface area contributed by atoms with Crippen LogP contribution in [0.4, 0.5) is 4.39 Å². The maximum atomic E-state index is 14.3. The molecule has 180 valence electrons. The highest BCUT2D eigenvalue weighted by atomic mass is 19.1. The van der Waals surface area contributed by atoms with Crippen LogP contribution in [-0.2, 0) is 18.3 Å². The van der Waals surface area contributed by atoms with Crippen LogP contribution in [0.5, 0.6) is 0 Å². The number of aromatic nitrogens is 4. The third kappa shape index (κ3) is 5.00. The molecule has 0 aliphatic carbocycles. The van der Waals surface area contributed by atoms with Gasteiger partial charge >= 0.3 is 0 Å². The van der Waals surface area contributed by atoms with Gasteiger partial charge in [0.15, 0.2) is 0 Å². The van der Waals surface area contributed by atoms with Gasteiger partial charge in [0.2, 0.25) is 0 Å². The number of amides is 1. The lowest BCUT2D eigenvalue weighted by atomic mass is 10.0. The van der Waals surface area contributed by atoms with Gasteiger partial charge in [0.1, 0.15) is 5.82 Å². The maximum Gasteiger partial charge on any atom is 0.260 e. The molecule has 1 amide bonds. The fourth-order valence-electron chi connectivity index (χ4n) is 4.43. The monoisotopic (exact) mass is 475 g/mol. The topological polar surface area (TPSA) is 91.0 Å². The number of aryl methyl sites for hydroxylation is 1. The molecule has 3 aromatic heterocycles. The Balaban J connectivity index is 1.35. The van der Waals surface area contributed by atoms with Crippen molar-refractivity contribution in [3.05, 3.63) is 82.3 Å². The van der Waals surface area contributed by atoms with Crippen LogP contribution < -0.4 is 10.9 Å². The Hall–Kier alpha value is -3.85. The second-order valence-corrected chi connectivity index (χ2v) is 8.86. The third-order valence-electron chi connectivity index (χ3n) is 6.41. The lowest BCUT2D eigenvalue weighted by Crippen LogP contribution is -2.32. The van der Waals surface area contributed by atoms with E-state index in [4.69, 9.17) is 4.74 Å². The van der Waals surface area contributed by atoms with Crippen molar-refractivity contribution in [1.29, 1.82) is 0 Å². The Morgan fingerprint density at radius 3 is 2.80 bits per heavy atom. The second kappa shape index (κ2) is 9.79. The Kier molecular flexibility index (Phi) is 6.41. The zero-order chi connectivity index (χ0) is 24.4. The van der Waals surface area contributed by atoms with E-state index in [9.17, 15) is 14.0 Å². The van der Waals surface area contributed by atoms with Crippen molar-refractivity contribution in [2.24, 2.45) is 13.0 Å². The van der Waals surface area contributed by atoms with Crippen LogP contribution in [0, 0.1) is 11.7 Å². The van der Waals surface area contributed by atoms with Crippen LogP contribution in [0.2, 0.25) is 0 Å². The van der Waals surface area contributed by atoms with Gasteiger partial charge in [-0.2, -0.15) is 5.10 Å². The van der Waals surface area contributed by atoms with Crippen molar-refractivity contribution in [3.8, 4) is 11.4 Å². The number of carbonyl (C=O) groups excluding carboxylic acids is 1. The van der Waals surface area contributed by atoms with E-state index in [-0.39, 0.29) is 23.6 Å². The summed E-state index contributed by atoms with van der Waals surface area (Å²) >= 11 is 0. The minimum atomic E-state index is -0.518. The molecule has 1 aliphatic heterocycles. The van der Waals surface area contributed by atoms with Gasteiger partial charge in [-0.15, -0.1) is 0 Å². The molecule has 0 bridgehead atoms. The summed E-state index contributed by atoms with van der Waals surface area (Å²) in [6, 6.07) is 9.73. The molecule has 5 rings (SSSR count). The predicted octanol–water partition coefficient (Wildman–Crippen LogP) is 3.14. The number of pyridine rings is 2. The van der Waals surface area contributed by atoms with E-state index in [1.807, 2.05) is 25.2 Å². The molecule has 1 saturated heterocycles. The number of hydrogen-bond acceptors (Lipinski definition) is 5. The van der Waals surface area contributed by atoms with E-state index in [0.29, 0.717) is 36.6 Å². The average Bonchev–Trinajstić information content (AvgIpc) is 3.30. The van der Waals surface area contributed by atoms with Gasteiger partial charge in [-0.1, -0.05) is 0 Å². The van der Waals surface area contributed by atoms with E-state index in [1.165, 1.54) is 16.7 Å². The first-order chi connectivity index (χ1) is 17.0. The number of nitrogens with zero attached hydrogens (tertiary/aromatic N) is 4. The summed E-state index contributed by atoms with van der Waals surface area (Å²) in [6.07, 6.45) is 6.72. The zero-order valence-corrected chi connectivity index (χ0v) is 19.4. The highest BCUT2D eigenvalue weighted by molar-refractivity contribution is 5.94. The predicted molar refractivity (Wildman–Crippen MR) is 130 cm³/mol. The molecule has 1 aromatic carbocycles. The molecular formula is C26H26FN5O3. The minimum Gasteiger partial charge on any atom is -0.381 e. The molecule has 1 aliphatic rings. The molecule has 0 saturated carbocycles. The quantitative estimate of drug-likeness (QED) is 0.463. The molecule has 1 N–H and O–H groups in total. The summed E-state index contributed by atoms with van der Waals surface area (Å²) in [7, 11) is 1.83. The summed E-state index contributed by atoms with van der Waals surface area (Å²) in [5.74, 6) is -0.478. The molecule has 0 atom stereocenters. The van der Waals surface area contributed by atoms with Crippen molar-refractivity contribution in [2.75, 3.05) is 19.8 Å². The Labute approximate surface area is 201 Å². The van der Waals surface area contributed by atoms with E-state index in [0.717, 1.165) is 29.6 Å². The standard InChI is InChI=1S/C26H26FN5O3/c1-31-24(2-6-30-31)23-13-19-3-7-32(26(34)22(19)15-28-23)16-18-10-20(12-21(27)11-18)25(33)29-14-17-4-8-35-9-5-17/h2-3,6-7,10-13,15,17H,4-5,8-9,14,16H2,1H3,(H,29,33). The lowest BCUT2D eigenvalue weighted by Gasteiger charge is -2.22. The first kappa shape index (κ1) is 22.9. The highest BCUT2D eigenvalue weighted by Crippen LogP contribution is 2.20. The molecule has 0 spiro atoms. The molecule has 0 unspecified atom stereocenters. The largest absolute Gasteiger partial charge is 0.381 e. The van der Waals surface area contributed by atoms with E-state index in [2.05, 4.69) is 15.4 Å². The molecular weight excluding hydrogens is 449 g/mol. The zero-order valence-electron chi connectivity index (χ0n) is 19.4. The van der Waals surface area contributed by atoms with Crippen molar-refractivity contribution >= 4 is 16.7 Å². The second-order valence-electron chi connectivity index (χ2n) is 8.86. The van der Waals surface area contributed by atoms with E-state index >= 15 is 0 Å². The third-order valence-corrected chi connectivity index (χ3v) is 6.41. The van der Waals surface area contributed by atoms with Crippen LogP contribution in [0.15, 0.2) is 59.8 Å². The molecule has 4 aromatic rings. The number of ether oxygens (including phenoxy) is 1. The number of rotatable bonds is 6. The number of hydrogen-bond donors (Lipinski definition) is 1. The van der Waals surface area contributed by atoms with Crippen LogP contribution in [-0.4, -0.2) is 45.0 Å². The van der Waals surface area contributed by atoms with Gasteiger partial charge < -0.3 is 14.6 Å². The minimum absolute atomic E-state index is 0.135. The van der Waals surface area contributed by atoms with E-state index < -0.39 is 5.82 Å². The Morgan fingerprint density at radius 2 is 2.03 bits per heavy atom. The van der Waals surface area contributed by atoms with Crippen molar-refractivity contribution < 1.29 is 13.9 Å². The SMILES string of the molecule is Cn1nccc1-c1cc2ccn(Cc3cc(F)cc(C(=O)NCC4CCOCC4)c3)c(=O)c2cn1. The molecule has 35 heavy (non-hydrogen) atoms. The van der Waals surface area contributed by atoms with E-state index in [1.54, 1.807) is 29.3 Å². The van der Waals surface area contributed by atoms with Crippen LogP contribution >= 0.6 is 0 Å². The van der Waals surface area contributed by atoms with Gasteiger partial charge in [0.05, 0.1) is 23.3 Å². The van der Waals surface area contributed by atoms with Crippen molar-refractivity contribution in [1.82, 2.24) is 24.6 Å². The fourth-order valence-corrected chi connectivity index (χ4v) is 4.43. The number of carbonyl (C=O) groups is 1. The number of halogens is 1. The molecule has 4 heterocycles. The summed E-state index contributed by atoms with van der Waals surface area (Å²) in [6.45, 7) is 2.07. The molecule has 0 radical (unpaired) electrons. The summed E-state index contributed by atoms with van der Waals surface area (Å²) in [5.41, 5.74) is 2.10. The normalized spacial score (nSPS) is 14.3.